The van der Waals surface area contributed by atoms with Crippen LogP contribution in [-0.4, -0.2) is 23.1 Å². The van der Waals surface area contributed by atoms with Crippen LogP contribution in [0.1, 0.15) is 17.3 Å². The average molecular weight is 444 g/mol. The number of amides is 1. The van der Waals surface area contributed by atoms with E-state index in [1.807, 2.05) is 0 Å². The largest absolute Gasteiger partial charge is 0.465 e. The Kier molecular flexibility index (Phi) is 6.22. The van der Waals surface area contributed by atoms with Gasteiger partial charge in [0.05, 0.1) is 21.8 Å². The van der Waals surface area contributed by atoms with Crippen molar-refractivity contribution in [3.05, 3.63) is 61.8 Å². The Morgan fingerprint density at radius 3 is 2.63 bits per heavy atom. The second-order valence-electron chi connectivity index (χ2n) is 5.44. The Labute approximate surface area is 173 Å². The van der Waals surface area contributed by atoms with Gasteiger partial charge in [0, 0.05) is 15.6 Å². The van der Waals surface area contributed by atoms with E-state index in [-0.39, 0.29) is 13.2 Å². The molecule has 3 rings (SSSR count). The number of aromatic nitrogens is 1. The van der Waals surface area contributed by atoms with Crippen molar-refractivity contribution in [3.63, 3.8) is 0 Å². The fourth-order valence-corrected chi connectivity index (χ4v) is 4.47. The Balaban J connectivity index is 2.17. The van der Waals surface area contributed by atoms with Gasteiger partial charge in [-0.2, -0.15) is 4.99 Å². The van der Waals surface area contributed by atoms with E-state index < -0.39 is 11.9 Å². The molecule has 3 aromatic rings. The van der Waals surface area contributed by atoms with Crippen LogP contribution in [-0.2, 0) is 16.1 Å². The number of hydrogen-bond donors (Lipinski definition) is 0. The lowest BCUT2D eigenvalue weighted by atomic mass is 10.2. The van der Waals surface area contributed by atoms with E-state index in [1.165, 1.54) is 17.4 Å². The molecule has 5 nitrogen and oxygen atoms in total. The third kappa shape index (κ3) is 4.52. The molecular weight excluding hydrogens is 431 g/mol. The Morgan fingerprint density at radius 1 is 1.15 bits per heavy atom. The number of esters is 1. The molecule has 0 spiro atoms. The first kappa shape index (κ1) is 19.9. The average Bonchev–Trinajstić information content (AvgIpc) is 2.92. The summed E-state index contributed by atoms with van der Waals surface area (Å²) in [5.41, 5.74) is 0.906. The minimum atomic E-state index is -0.483. The van der Waals surface area contributed by atoms with E-state index in [1.54, 1.807) is 41.8 Å². The quantitative estimate of drug-likeness (QED) is 0.535. The maximum absolute atomic E-state index is 12.6. The van der Waals surface area contributed by atoms with Gasteiger partial charge in [-0.05, 0) is 37.3 Å². The second kappa shape index (κ2) is 8.44. The summed E-state index contributed by atoms with van der Waals surface area (Å²) in [5.74, 6) is -0.941. The number of halogens is 3. The molecule has 0 N–H and O–H groups in total. The summed E-state index contributed by atoms with van der Waals surface area (Å²) in [6.45, 7) is 1.83. The number of fused-ring (bicyclic) bond motifs is 1. The van der Waals surface area contributed by atoms with E-state index in [4.69, 9.17) is 39.5 Å². The molecule has 0 fully saturated rings. The monoisotopic (exact) mass is 442 g/mol. The molecule has 140 valence electrons. The normalized spacial score (nSPS) is 11.8. The van der Waals surface area contributed by atoms with Crippen LogP contribution in [0.25, 0.3) is 10.2 Å². The van der Waals surface area contributed by atoms with E-state index >= 15 is 0 Å². The van der Waals surface area contributed by atoms with Crippen LogP contribution in [0.15, 0.2) is 41.4 Å². The number of rotatable bonds is 4. The molecule has 0 bridgehead atoms. The number of carbonyl (C=O) groups excluding carboxylic acids is 2. The van der Waals surface area contributed by atoms with Gasteiger partial charge in [0.2, 0.25) is 0 Å². The van der Waals surface area contributed by atoms with Crippen LogP contribution >= 0.6 is 46.1 Å². The van der Waals surface area contributed by atoms with Gasteiger partial charge >= 0.3 is 5.97 Å². The van der Waals surface area contributed by atoms with E-state index in [2.05, 4.69) is 4.99 Å². The van der Waals surface area contributed by atoms with Gasteiger partial charge in [0.15, 0.2) is 4.80 Å². The van der Waals surface area contributed by atoms with Crippen molar-refractivity contribution in [2.75, 3.05) is 6.61 Å². The molecule has 0 saturated heterocycles. The fourth-order valence-electron chi connectivity index (χ4n) is 2.47. The highest BCUT2D eigenvalue weighted by molar-refractivity contribution is 7.16. The molecule has 9 heteroatoms. The molecule has 0 aliphatic heterocycles. The minimum Gasteiger partial charge on any atom is -0.465 e. The zero-order valence-electron chi connectivity index (χ0n) is 14.0. The smallest absolute Gasteiger partial charge is 0.326 e. The van der Waals surface area contributed by atoms with Crippen molar-refractivity contribution >= 4 is 68.2 Å². The Morgan fingerprint density at radius 2 is 1.93 bits per heavy atom. The van der Waals surface area contributed by atoms with Crippen LogP contribution in [0.4, 0.5) is 0 Å². The predicted octanol–water partition coefficient (Wildman–Crippen LogP) is 4.97. The van der Waals surface area contributed by atoms with Crippen molar-refractivity contribution in [2.45, 2.75) is 13.5 Å². The third-order valence-electron chi connectivity index (χ3n) is 3.56. The summed E-state index contributed by atoms with van der Waals surface area (Å²) < 4.78 is 7.28. The van der Waals surface area contributed by atoms with Crippen molar-refractivity contribution in [3.8, 4) is 0 Å². The number of thiazole rings is 1. The highest BCUT2D eigenvalue weighted by Crippen LogP contribution is 2.29. The molecule has 2 aromatic carbocycles. The lowest BCUT2D eigenvalue weighted by Gasteiger charge is -2.06. The maximum Gasteiger partial charge on any atom is 0.326 e. The zero-order chi connectivity index (χ0) is 19.6. The van der Waals surface area contributed by atoms with Crippen molar-refractivity contribution < 1.29 is 14.3 Å². The highest BCUT2D eigenvalue weighted by Gasteiger charge is 2.16. The maximum atomic E-state index is 12.6. The summed E-state index contributed by atoms with van der Waals surface area (Å²) in [6.07, 6.45) is 0. The number of benzene rings is 2. The van der Waals surface area contributed by atoms with Gasteiger partial charge < -0.3 is 9.30 Å². The Bertz CT molecular complexity index is 1100. The summed E-state index contributed by atoms with van der Waals surface area (Å²) in [5, 5.41) is 1.24. The molecule has 1 heterocycles. The van der Waals surface area contributed by atoms with Crippen LogP contribution in [0.3, 0.4) is 0 Å². The fraction of sp³-hybridized carbons (Fsp3) is 0.167. The van der Waals surface area contributed by atoms with Crippen molar-refractivity contribution in [2.24, 2.45) is 4.99 Å². The van der Waals surface area contributed by atoms with Crippen molar-refractivity contribution in [1.29, 1.82) is 0 Å². The summed E-state index contributed by atoms with van der Waals surface area (Å²) in [4.78, 5) is 29.1. The van der Waals surface area contributed by atoms with E-state index in [0.29, 0.717) is 35.6 Å². The first-order chi connectivity index (χ1) is 12.9. The van der Waals surface area contributed by atoms with E-state index in [9.17, 15) is 9.59 Å². The first-order valence-electron chi connectivity index (χ1n) is 7.87. The molecule has 0 atom stereocenters. The predicted molar refractivity (Wildman–Crippen MR) is 108 cm³/mol. The van der Waals surface area contributed by atoms with Crippen LogP contribution in [0.5, 0.6) is 0 Å². The standard InChI is InChI=1S/C18H13Cl3N2O3S/c1-2-26-15(24)9-23-16-13(21)7-12(20)8-14(16)27-18(23)22-17(25)10-4-3-5-11(19)6-10/h3-8H,2,9H2,1H3. The Hall–Kier alpha value is -1.86. The van der Waals surface area contributed by atoms with Gasteiger partial charge in [0.25, 0.3) is 5.91 Å². The minimum absolute atomic E-state index is 0.128. The van der Waals surface area contributed by atoms with Gasteiger partial charge in [-0.25, -0.2) is 0 Å². The van der Waals surface area contributed by atoms with Crippen LogP contribution in [0, 0.1) is 0 Å². The summed E-state index contributed by atoms with van der Waals surface area (Å²) >= 11 is 19.5. The van der Waals surface area contributed by atoms with Gasteiger partial charge in [-0.3, -0.25) is 9.59 Å². The number of carbonyl (C=O) groups is 2. The van der Waals surface area contributed by atoms with Crippen molar-refractivity contribution in [1.82, 2.24) is 4.57 Å². The third-order valence-corrected chi connectivity index (χ3v) is 5.32. The zero-order valence-corrected chi connectivity index (χ0v) is 17.1. The second-order valence-corrected chi connectivity index (χ2v) is 7.73. The van der Waals surface area contributed by atoms with Gasteiger partial charge in [0.1, 0.15) is 6.54 Å². The number of nitrogens with zero attached hydrogens (tertiary/aromatic N) is 2. The number of hydrogen-bond acceptors (Lipinski definition) is 4. The molecule has 0 aliphatic rings. The molecule has 0 unspecified atom stereocenters. The molecular formula is C18H13Cl3N2O3S. The lowest BCUT2D eigenvalue weighted by Crippen LogP contribution is -2.23. The number of ether oxygens (including phenoxy) is 1. The first-order valence-corrected chi connectivity index (χ1v) is 9.82. The topological polar surface area (TPSA) is 60.7 Å². The molecule has 1 aromatic heterocycles. The van der Waals surface area contributed by atoms with Crippen LogP contribution in [0.2, 0.25) is 15.1 Å². The molecule has 0 saturated carbocycles. The summed E-state index contributed by atoms with van der Waals surface area (Å²) in [6, 6.07) is 9.75. The summed E-state index contributed by atoms with van der Waals surface area (Å²) in [7, 11) is 0. The van der Waals surface area contributed by atoms with E-state index in [0.717, 1.165) is 0 Å². The van der Waals surface area contributed by atoms with Gasteiger partial charge in [-0.1, -0.05) is 52.2 Å². The van der Waals surface area contributed by atoms with Gasteiger partial charge in [-0.15, -0.1) is 0 Å². The molecule has 0 aliphatic carbocycles. The van der Waals surface area contributed by atoms with Crippen LogP contribution < -0.4 is 4.80 Å². The lowest BCUT2D eigenvalue weighted by molar-refractivity contribution is -0.143. The molecule has 0 radical (unpaired) electrons. The SMILES string of the molecule is CCOC(=O)Cn1c(=NC(=O)c2cccc(Cl)c2)sc2cc(Cl)cc(Cl)c21. The highest BCUT2D eigenvalue weighted by atomic mass is 35.5. The molecule has 1 amide bonds. The molecule has 27 heavy (non-hydrogen) atoms.